The average molecular weight is 232 g/mol. The van der Waals surface area contributed by atoms with Crippen molar-refractivity contribution in [3.63, 3.8) is 0 Å². The zero-order chi connectivity index (χ0) is 12.4. The lowest BCUT2D eigenvalue weighted by molar-refractivity contribution is 0.384. The van der Waals surface area contributed by atoms with Crippen molar-refractivity contribution in [2.24, 2.45) is 0 Å². The minimum Gasteiger partial charge on any atom is -0.496 e. The van der Waals surface area contributed by atoms with E-state index in [1.165, 1.54) is 5.56 Å². The number of H-pyrrole nitrogens is 1. The van der Waals surface area contributed by atoms with Gasteiger partial charge in [0.05, 0.1) is 26.1 Å². The molecule has 0 aliphatic rings. The summed E-state index contributed by atoms with van der Waals surface area (Å²) in [4.78, 5) is 7.22. The highest BCUT2D eigenvalue weighted by molar-refractivity contribution is 5.71. The molecule has 4 nitrogen and oxygen atoms in total. The molecule has 1 N–H and O–H groups in total. The highest BCUT2D eigenvalue weighted by Crippen LogP contribution is 2.33. The van der Waals surface area contributed by atoms with Gasteiger partial charge in [0.25, 0.3) is 6.01 Å². The van der Waals surface area contributed by atoms with Gasteiger partial charge < -0.3 is 14.5 Å². The van der Waals surface area contributed by atoms with Crippen LogP contribution in [-0.4, -0.2) is 24.2 Å². The van der Waals surface area contributed by atoms with Crippen LogP contribution in [0.5, 0.6) is 11.8 Å². The van der Waals surface area contributed by atoms with E-state index >= 15 is 0 Å². The normalized spacial score (nSPS) is 10.4. The third-order valence-electron chi connectivity index (χ3n) is 2.68. The van der Waals surface area contributed by atoms with Gasteiger partial charge in [-0.3, -0.25) is 0 Å². The Bertz CT molecular complexity index is 532. The topological polar surface area (TPSA) is 47.1 Å². The maximum atomic E-state index is 5.42. The highest BCUT2D eigenvalue weighted by Gasteiger charge is 2.12. The number of hydrogen-bond donors (Lipinski definition) is 1. The second-order valence-electron chi connectivity index (χ2n) is 3.97. The molecule has 2 rings (SSSR count). The lowest BCUT2D eigenvalue weighted by Gasteiger charge is -2.11. The Hall–Kier alpha value is -1.97. The first-order valence-electron chi connectivity index (χ1n) is 5.40. The minimum atomic E-state index is 0.502. The van der Waals surface area contributed by atoms with Crippen LogP contribution in [0.1, 0.15) is 11.1 Å². The van der Waals surface area contributed by atoms with Gasteiger partial charge in [0, 0.05) is 5.56 Å². The first-order chi connectivity index (χ1) is 8.15. The van der Waals surface area contributed by atoms with E-state index in [0.717, 1.165) is 22.6 Å². The van der Waals surface area contributed by atoms with Crippen LogP contribution in [0.25, 0.3) is 11.3 Å². The number of nitrogens with one attached hydrogen (secondary N) is 1. The number of hydrogen-bond acceptors (Lipinski definition) is 3. The molecular formula is C13H16N2O2. The smallest absolute Gasteiger partial charge is 0.293 e. The van der Waals surface area contributed by atoms with Crippen LogP contribution in [0.2, 0.25) is 0 Å². The molecule has 1 heterocycles. The number of methoxy groups -OCH3 is 2. The van der Waals surface area contributed by atoms with Crippen LogP contribution in [-0.2, 0) is 0 Å². The molecule has 0 saturated heterocycles. The molecule has 0 fully saturated rings. The number of imidazole rings is 1. The van der Waals surface area contributed by atoms with Gasteiger partial charge in [-0.05, 0) is 31.0 Å². The molecule has 4 heteroatoms. The van der Waals surface area contributed by atoms with Crippen molar-refractivity contribution in [3.05, 3.63) is 29.5 Å². The van der Waals surface area contributed by atoms with E-state index in [9.17, 15) is 0 Å². The van der Waals surface area contributed by atoms with Gasteiger partial charge in [0.1, 0.15) is 5.75 Å². The number of aromatic nitrogens is 2. The maximum absolute atomic E-state index is 5.42. The zero-order valence-corrected chi connectivity index (χ0v) is 10.5. The second-order valence-corrected chi connectivity index (χ2v) is 3.97. The summed E-state index contributed by atoms with van der Waals surface area (Å²) in [6.07, 6.45) is 1.75. The highest BCUT2D eigenvalue weighted by atomic mass is 16.5. The Balaban J connectivity index is 2.57. The number of aromatic amines is 1. The summed E-state index contributed by atoms with van der Waals surface area (Å²) in [5.41, 5.74) is 4.24. The molecular weight excluding hydrogens is 216 g/mol. The molecule has 0 bridgehead atoms. The summed E-state index contributed by atoms with van der Waals surface area (Å²) in [5.74, 6) is 0.841. The summed E-state index contributed by atoms with van der Waals surface area (Å²) in [6, 6.07) is 4.63. The van der Waals surface area contributed by atoms with Crippen LogP contribution in [0.4, 0.5) is 0 Å². The summed E-state index contributed by atoms with van der Waals surface area (Å²) in [6.45, 7) is 4.10. The van der Waals surface area contributed by atoms with Gasteiger partial charge in [-0.25, -0.2) is 4.98 Å². The average Bonchev–Trinajstić information content (AvgIpc) is 2.76. The third-order valence-corrected chi connectivity index (χ3v) is 2.68. The fourth-order valence-corrected chi connectivity index (χ4v) is 1.97. The van der Waals surface area contributed by atoms with E-state index in [-0.39, 0.29) is 0 Å². The van der Waals surface area contributed by atoms with Gasteiger partial charge >= 0.3 is 0 Å². The first kappa shape index (κ1) is 11.5. The van der Waals surface area contributed by atoms with E-state index in [4.69, 9.17) is 9.47 Å². The number of nitrogens with zero attached hydrogens (tertiary/aromatic N) is 1. The van der Waals surface area contributed by atoms with Crippen LogP contribution in [0, 0.1) is 13.8 Å². The van der Waals surface area contributed by atoms with Gasteiger partial charge in [0.2, 0.25) is 0 Å². The van der Waals surface area contributed by atoms with Gasteiger partial charge in [-0.2, -0.15) is 0 Å². The molecule has 0 aliphatic heterocycles. The Morgan fingerprint density at radius 2 is 1.88 bits per heavy atom. The number of ether oxygens (including phenoxy) is 2. The van der Waals surface area contributed by atoms with Crippen molar-refractivity contribution in [1.29, 1.82) is 0 Å². The predicted molar refractivity (Wildman–Crippen MR) is 66.6 cm³/mol. The van der Waals surface area contributed by atoms with Crippen molar-refractivity contribution >= 4 is 0 Å². The van der Waals surface area contributed by atoms with Crippen molar-refractivity contribution in [2.75, 3.05) is 14.2 Å². The molecule has 90 valence electrons. The van der Waals surface area contributed by atoms with E-state index in [1.807, 2.05) is 13.0 Å². The fourth-order valence-electron chi connectivity index (χ4n) is 1.97. The maximum Gasteiger partial charge on any atom is 0.293 e. The Morgan fingerprint density at radius 3 is 2.47 bits per heavy atom. The number of rotatable bonds is 3. The van der Waals surface area contributed by atoms with Gasteiger partial charge in [-0.1, -0.05) is 6.07 Å². The van der Waals surface area contributed by atoms with Crippen LogP contribution < -0.4 is 9.47 Å². The number of aryl methyl sites for hydroxylation is 2. The van der Waals surface area contributed by atoms with E-state index in [0.29, 0.717) is 6.01 Å². The molecule has 0 atom stereocenters. The standard InChI is InChI=1S/C13H16N2O2/c1-8-5-9(2)12(11(6-8)16-3)10-7-14-13(15-10)17-4/h5-7H,1-4H3,(H,14,15). The van der Waals surface area contributed by atoms with E-state index in [2.05, 4.69) is 23.0 Å². The largest absolute Gasteiger partial charge is 0.496 e. The second kappa shape index (κ2) is 4.49. The molecule has 0 spiro atoms. The first-order valence-corrected chi connectivity index (χ1v) is 5.40. The van der Waals surface area contributed by atoms with Crippen molar-refractivity contribution < 1.29 is 9.47 Å². The SMILES string of the molecule is COc1ncc(-c2c(C)cc(C)cc2OC)[nH]1. The molecule has 0 unspecified atom stereocenters. The lowest BCUT2D eigenvalue weighted by Crippen LogP contribution is -1.93. The van der Waals surface area contributed by atoms with Crippen molar-refractivity contribution in [1.82, 2.24) is 9.97 Å². The molecule has 0 radical (unpaired) electrons. The summed E-state index contributed by atoms with van der Waals surface area (Å²) in [5, 5.41) is 0. The Labute approximate surface area is 101 Å². The Morgan fingerprint density at radius 1 is 1.12 bits per heavy atom. The van der Waals surface area contributed by atoms with E-state index < -0.39 is 0 Å². The van der Waals surface area contributed by atoms with E-state index in [1.54, 1.807) is 20.4 Å². The Kier molecular flexibility index (Phi) is 3.04. The molecule has 2 aromatic rings. The molecule has 1 aromatic heterocycles. The summed E-state index contributed by atoms with van der Waals surface area (Å²) >= 11 is 0. The lowest BCUT2D eigenvalue weighted by atomic mass is 10.0. The molecule has 17 heavy (non-hydrogen) atoms. The van der Waals surface area contributed by atoms with Crippen LogP contribution in [0.3, 0.4) is 0 Å². The minimum absolute atomic E-state index is 0.502. The van der Waals surface area contributed by atoms with Crippen molar-refractivity contribution in [3.8, 4) is 23.0 Å². The monoisotopic (exact) mass is 232 g/mol. The zero-order valence-electron chi connectivity index (χ0n) is 10.5. The molecule has 0 aliphatic carbocycles. The summed E-state index contributed by atoms with van der Waals surface area (Å²) < 4.78 is 10.5. The van der Waals surface area contributed by atoms with Gasteiger partial charge in [0.15, 0.2) is 0 Å². The third kappa shape index (κ3) is 2.11. The molecule has 1 aromatic carbocycles. The quantitative estimate of drug-likeness (QED) is 0.885. The predicted octanol–water partition coefficient (Wildman–Crippen LogP) is 2.71. The number of benzene rings is 1. The fraction of sp³-hybridized carbons (Fsp3) is 0.308. The molecule has 0 saturated carbocycles. The van der Waals surface area contributed by atoms with Crippen molar-refractivity contribution in [2.45, 2.75) is 13.8 Å². The van der Waals surface area contributed by atoms with Gasteiger partial charge in [-0.15, -0.1) is 0 Å². The van der Waals surface area contributed by atoms with Crippen LogP contribution in [0.15, 0.2) is 18.3 Å². The molecule has 0 amide bonds. The summed E-state index contributed by atoms with van der Waals surface area (Å²) in [7, 11) is 3.26. The van der Waals surface area contributed by atoms with Crippen LogP contribution >= 0.6 is 0 Å².